The highest BCUT2D eigenvalue weighted by Crippen LogP contribution is 2.41. The van der Waals surface area contributed by atoms with E-state index in [9.17, 15) is 37.1 Å². The molecule has 2 aliphatic heterocycles. The summed E-state index contributed by atoms with van der Waals surface area (Å²) >= 11 is 0. The number of fused-ring (bicyclic) bond motifs is 2. The van der Waals surface area contributed by atoms with Gasteiger partial charge in [0, 0.05) is 43.3 Å². The lowest BCUT2D eigenvalue weighted by atomic mass is 9.94. The van der Waals surface area contributed by atoms with Gasteiger partial charge in [0.05, 0.1) is 45.7 Å². The highest BCUT2D eigenvalue weighted by atomic mass is 19.4. The van der Waals surface area contributed by atoms with E-state index in [0.29, 0.717) is 36.3 Å². The number of halogens is 4. The second-order valence-corrected chi connectivity index (χ2v) is 15.0. The lowest BCUT2D eigenvalue weighted by Crippen LogP contribution is -2.52. The predicted octanol–water partition coefficient (Wildman–Crippen LogP) is 6.46. The number of carbonyl (C=O) groups is 5. The van der Waals surface area contributed by atoms with Gasteiger partial charge in [-0.2, -0.15) is 13.2 Å². The number of rotatable bonds is 15. The highest BCUT2D eigenvalue weighted by Gasteiger charge is 2.40. The lowest BCUT2D eigenvalue weighted by Gasteiger charge is -2.29. The summed E-state index contributed by atoms with van der Waals surface area (Å²) in [5, 5.41) is 11.0. The Morgan fingerprint density at radius 3 is 2.36 bits per heavy atom. The van der Waals surface area contributed by atoms with Crippen LogP contribution < -0.4 is 21.3 Å². The molecule has 1 aliphatic carbocycles. The van der Waals surface area contributed by atoms with E-state index in [4.69, 9.17) is 0 Å². The van der Waals surface area contributed by atoms with Crippen molar-refractivity contribution in [2.75, 3.05) is 18.9 Å². The van der Waals surface area contributed by atoms with Gasteiger partial charge in [-0.15, -0.1) is 0 Å². The normalized spacial score (nSPS) is 16.7. The largest absolute Gasteiger partial charge is 0.417 e. The molecule has 2 aromatic carbocycles. The average molecular weight is 802 g/mol. The van der Waals surface area contributed by atoms with Crippen molar-refractivity contribution in [2.24, 2.45) is 0 Å². The topological polar surface area (TPSA) is 162 Å². The Morgan fingerprint density at radius 1 is 0.897 bits per heavy atom. The minimum atomic E-state index is -4.80. The molecule has 0 spiro atoms. The second kappa shape index (κ2) is 16.9. The predicted molar refractivity (Wildman–Crippen MR) is 206 cm³/mol. The summed E-state index contributed by atoms with van der Waals surface area (Å²) in [5.74, 6) is -3.08. The molecule has 304 valence electrons. The fourth-order valence-corrected chi connectivity index (χ4v) is 7.57. The number of unbranched alkanes of at least 4 members (excludes halogenated alkanes) is 5. The molecule has 1 saturated carbocycles. The molecule has 4 aromatic rings. The van der Waals surface area contributed by atoms with Crippen molar-refractivity contribution in [3.63, 3.8) is 0 Å². The molecule has 2 fully saturated rings. The van der Waals surface area contributed by atoms with Gasteiger partial charge in [0.2, 0.25) is 11.8 Å². The summed E-state index contributed by atoms with van der Waals surface area (Å²) in [7, 11) is 1.55. The van der Waals surface area contributed by atoms with Crippen molar-refractivity contribution < 1.29 is 41.5 Å². The third-order valence-electron chi connectivity index (χ3n) is 10.8. The molecule has 4 heterocycles. The number of hydrogen-bond donors (Lipinski definition) is 4. The summed E-state index contributed by atoms with van der Waals surface area (Å²) in [6, 6.07) is 8.44. The number of nitrogens with zero attached hydrogens (tertiary/aromatic N) is 3. The Labute approximate surface area is 331 Å². The number of anilines is 1. The van der Waals surface area contributed by atoms with Crippen LogP contribution >= 0.6 is 0 Å². The van der Waals surface area contributed by atoms with Gasteiger partial charge in [-0.1, -0.05) is 31.7 Å². The van der Waals surface area contributed by atoms with Crippen LogP contribution in [0, 0.1) is 5.82 Å². The van der Waals surface area contributed by atoms with Gasteiger partial charge in [0.25, 0.3) is 17.7 Å². The van der Waals surface area contributed by atoms with Crippen molar-refractivity contribution in [1.29, 1.82) is 0 Å². The number of imide groups is 1. The van der Waals surface area contributed by atoms with Crippen LogP contribution in [0.15, 0.2) is 48.7 Å². The highest BCUT2D eigenvalue weighted by molar-refractivity contribution is 6.08. The smallest absolute Gasteiger partial charge is 0.387 e. The molecule has 2 aromatic heterocycles. The number of aryl methyl sites for hydroxylation is 1. The Balaban J connectivity index is 0.880. The van der Waals surface area contributed by atoms with E-state index in [0.717, 1.165) is 69.2 Å². The number of piperidine rings is 1. The van der Waals surface area contributed by atoms with E-state index in [1.165, 1.54) is 29.3 Å². The fourth-order valence-electron chi connectivity index (χ4n) is 7.57. The number of pyridine rings is 2. The van der Waals surface area contributed by atoms with Crippen molar-refractivity contribution in [3.8, 4) is 11.1 Å². The van der Waals surface area contributed by atoms with Crippen molar-refractivity contribution in [3.05, 3.63) is 88.1 Å². The van der Waals surface area contributed by atoms with Crippen molar-refractivity contribution in [1.82, 2.24) is 30.8 Å². The van der Waals surface area contributed by atoms with Gasteiger partial charge in [0.1, 0.15) is 11.9 Å². The molecule has 5 amide bonds. The third kappa shape index (κ3) is 8.80. The molecule has 7 rings (SSSR count). The number of hydrogen-bond acceptors (Lipinski definition) is 8. The zero-order valence-corrected chi connectivity index (χ0v) is 31.9. The second-order valence-electron chi connectivity index (χ2n) is 15.0. The molecule has 0 radical (unpaired) electrons. The Bertz CT molecular complexity index is 2290. The summed E-state index contributed by atoms with van der Waals surface area (Å²) in [6.45, 7) is 0.532. The van der Waals surface area contributed by atoms with Gasteiger partial charge in [0.15, 0.2) is 0 Å². The first-order valence-electron chi connectivity index (χ1n) is 19.6. The average Bonchev–Trinajstić information content (AvgIpc) is 3.95. The van der Waals surface area contributed by atoms with Gasteiger partial charge in [-0.3, -0.25) is 39.3 Å². The molecule has 16 heteroatoms. The van der Waals surface area contributed by atoms with Gasteiger partial charge in [-0.25, -0.2) is 4.39 Å². The summed E-state index contributed by atoms with van der Waals surface area (Å²) in [5.41, 5.74) is 0.741. The van der Waals surface area contributed by atoms with E-state index in [2.05, 4.69) is 31.2 Å². The molecule has 1 saturated heterocycles. The molecule has 3 aliphatic rings. The summed E-state index contributed by atoms with van der Waals surface area (Å²) in [6.07, 6.45) is 4.54. The standard InChI is InChI=1S/C42H43F4N7O5/c1-47-37-29-19-28(31(42(44,45)46)20-33(29)49-21-30(37)39(56)51-25-10-11-25)23-9-13-26(32(43)18-23)38(55)48-17-7-5-3-2-4-6-8-24-12-14-27-34(50-24)22-53(41(27)58)35-15-16-36(54)52-40(35)57/h9,12-14,18-21,25,35H,2-8,10-11,15-17,22H2,1H3,(H,47,49)(H,48,55)(H,51,56)(H,52,54,57). The number of benzene rings is 2. The van der Waals surface area contributed by atoms with Crippen LogP contribution in [0.5, 0.6) is 0 Å². The number of nitrogens with one attached hydrogen (secondary N) is 4. The quantitative estimate of drug-likeness (QED) is 0.0605. The molecular weight excluding hydrogens is 758 g/mol. The van der Waals surface area contributed by atoms with E-state index in [1.807, 2.05) is 6.07 Å². The van der Waals surface area contributed by atoms with Crippen LogP contribution in [0.4, 0.5) is 23.2 Å². The monoisotopic (exact) mass is 801 g/mol. The number of aromatic nitrogens is 2. The first-order chi connectivity index (χ1) is 27.8. The molecular formula is C42H43F4N7O5. The molecule has 58 heavy (non-hydrogen) atoms. The van der Waals surface area contributed by atoms with Gasteiger partial charge < -0.3 is 20.9 Å². The molecule has 12 nitrogen and oxygen atoms in total. The summed E-state index contributed by atoms with van der Waals surface area (Å²) < 4.78 is 58.3. The van der Waals surface area contributed by atoms with Gasteiger partial charge in [-0.05, 0) is 86.1 Å². The first-order valence-corrected chi connectivity index (χ1v) is 19.6. The number of carbonyl (C=O) groups excluding carboxylic acids is 5. The molecule has 1 atom stereocenters. The van der Waals surface area contributed by atoms with Crippen LogP contribution in [-0.2, 0) is 28.7 Å². The first kappa shape index (κ1) is 40.3. The van der Waals surface area contributed by atoms with Crippen LogP contribution in [0.2, 0.25) is 0 Å². The third-order valence-corrected chi connectivity index (χ3v) is 10.8. The maximum absolute atomic E-state index is 15.4. The van der Waals surface area contributed by atoms with Crippen molar-refractivity contribution in [2.45, 2.75) is 95.4 Å². The van der Waals surface area contributed by atoms with E-state index in [1.54, 1.807) is 13.1 Å². The van der Waals surface area contributed by atoms with E-state index >= 15 is 4.39 Å². The maximum atomic E-state index is 15.4. The Kier molecular flexibility index (Phi) is 11.7. The fraction of sp³-hybridized carbons (Fsp3) is 0.405. The van der Waals surface area contributed by atoms with E-state index < -0.39 is 41.3 Å². The number of amides is 5. The Morgan fingerprint density at radius 2 is 1.66 bits per heavy atom. The van der Waals surface area contributed by atoms with E-state index in [-0.39, 0.29) is 64.0 Å². The number of alkyl halides is 3. The van der Waals surface area contributed by atoms with Crippen LogP contribution in [0.25, 0.3) is 22.0 Å². The SMILES string of the molecule is CNc1c(C(=O)NC2CC2)cnc2cc(C(F)(F)F)c(-c3ccc(C(=O)NCCCCCCCCc4ccc5c(n4)CN(C4CCC(=O)NC4=O)C5=O)c(F)c3)cc12. The van der Waals surface area contributed by atoms with Crippen LogP contribution in [0.3, 0.4) is 0 Å². The van der Waals surface area contributed by atoms with Crippen LogP contribution in [-0.4, -0.2) is 70.1 Å². The van der Waals surface area contributed by atoms with Gasteiger partial charge >= 0.3 is 6.18 Å². The van der Waals surface area contributed by atoms with Crippen LogP contribution in [0.1, 0.15) is 112 Å². The maximum Gasteiger partial charge on any atom is 0.417 e. The molecule has 1 unspecified atom stereocenters. The zero-order chi connectivity index (χ0) is 41.1. The molecule has 0 bridgehead atoms. The minimum Gasteiger partial charge on any atom is -0.387 e. The molecule has 4 N–H and O–H groups in total. The lowest BCUT2D eigenvalue weighted by molar-refractivity contribution is -0.138. The summed E-state index contributed by atoms with van der Waals surface area (Å²) in [4.78, 5) is 72.7. The minimum absolute atomic E-state index is 0.00887. The zero-order valence-electron chi connectivity index (χ0n) is 31.9. The Hall–Kier alpha value is -5.93. The van der Waals surface area contributed by atoms with Crippen molar-refractivity contribution >= 4 is 46.1 Å².